The highest BCUT2D eigenvalue weighted by Gasteiger charge is 2.28. The molecule has 1 amide bonds. The molecule has 0 saturated heterocycles. The van der Waals surface area contributed by atoms with Gasteiger partial charge in [-0.1, -0.05) is 0 Å². The van der Waals surface area contributed by atoms with Crippen LogP contribution in [0.4, 0.5) is 29.1 Å². The average molecular weight is 459 g/mol. The van der Waals surface area contributed by atoms with Gasteiger partial charge in [-0.25, -0.2) is 22.5 Å². The molecule has 0 bridgehead atoms. The lowest BCUT2D eigenvalue weighted by Gasteiger charge is -2.20. The van der Waals surface area contributed by atoms with Crippen LogP contribution < -0.4 is 10.2 Å². The van der Waals surface area contributed by atoms with Crippen molar-refractivity contribution in [1.82, 2.24) is 10.3 Å². The van der Waals surface area contributed by atoms with Gasteiger partial charge in [0, 0.05) is 31.6 Å². The highest BCUT2D eigenvalue weighted by Crippen LogP contribution is 2.37. The summed E-state index contributed by atoms with van der Waals surface area (Å²) >= 11 is 0. The number of aromatic nitrogens is 1. The highest BCUT2D eigenvalue weighted by atomic mass is 19.2. The Bertz CT molecular complexity index is 1180. The zero-order valence-electron chi connectivity index (χ0n) is 17.5. The number of hydrogen-bond donors (Lipinski definition) is 2. The van der Waals surface area contributed by atoms with E-state index in [4.69, 9.17) is 5.11 Å². The Hall–Kier alpha value is -3.46. The molecule has 2 aromatic carbocycles. The van der Waals surface area contributed by atoms with E-state index in [9.17, 15) is 22.4 Å². The van der Waals surface area contributed by atoms with Crippen LogP contribution >= 0.6 is 0 Å². The van der Waals surface area contributed by atoms with Crippen LogP contribution in [0.5, 0.6) is 0 Å². The van der Waals surface area contributed by atoms with E-state index < -0.39 is 29.2 Å². The molecule has 0 saturated carbocycles. The van der Waals surface area contributed by atoms with Crippen LogP contribution in [0.3, 0.4) is 0 Å². The van der Waals surface area contributed by atoms with E-state index >= 15 is 0 Å². The number of fused-ring (bicyclic) bond motifs is 1. The molecule has 0 aliphatic carbocycles. The standard InChI is InChI=1S/C24H21F4N3O2/c25-17-2-3-20-16(22(17)24(33)30-6-1-9-32)5-8-31(20)21-13-14(4-7-29-21)10-15-11-18(26)23(28)19(27)12-15/h2-4,7,11-13,32H,1,5-6,8-10H2,(H,30,33). The van der Waals surface area contributed by atoms with Crippen LogP contribution in [-0.2, 0) is 12.8 Å². The van der Waals surface area contributed by atoms with Gasteiger partial charge in [-0.15, -0.1) is 0 Å². The molecule has 1 aliphatic rings. The van der Waals surface area contributed by atoms with Crippen LogP contribution in [0.2, 0.25) is 0 Å². The molecular weight excluding hydrogens is 438 g/mol. The average Bonchev–Trinajstić information content (AvgIpc) is 3.21. The third kappa shape index (κ3) is 4.68. The van der Waals surface area contributed by atoms with E-state index in [1.54, 1.807) is 24.4 Å². The Kier molecular flexibility index (Phi) is 6.60. The van der Waals surface area contributed by atoms with Gasteiger partial charge in [0.15, 0.2) is 17.5 Å². The van der Waals surface area contributed by atoms with Gasteiger partial charge in [0.1, 0.15) is 11.6 Å². The number of anilines is 2. The summed E-state index contributed by atoms with van der Waals surface area (Å²) in [5, 5.41) is 11.5. The molecule has 0 unspecified atom stereocenters. The molecule has 5 nitrogen and oxygen atoms in total. The van der Waals surface area contributed by atoms with Crippen molar-refractivity contribution in [3.63, 3.8) is 0 Å². The highest BCUT2D eigenvalue weighted by molar-refractivity contribution is 5.98. The number of carbonyl (C=O) groups excluding carboxylic acids is 1. The molecule has 1 aliphatic heterocycles. The van der Waals surface area contributed by atoms with Crippen LogP contribution in [-0.4, -0.2) is 35.7 Å². The first-order chi connectivity index (χ1) is 15.9. The molecule has 9 heteroatoms. The van der Waals surface area contributed by atoms with E-state index in [0.29, 0.717) is 42.0 Å². The Morgan fingerprint density at radius 3 is 2.52 bits per heavy atom. The minimum atomic E-state index is -1.51. The maximum atomic E-state index is 14.5. The van der Waals surface area contributed by atoms with Crippen molar-refractivity contribution >= 4 is 17.4 Å². The van der Waals surface area contributed by atoms with Crippen LogP contribution in [0.25, 0.3) is 0 Å². The fourth-order valence-electron chi connectivity index (χ4n) is 3.97. The van der Waals surface area contributed by atoms with Crippen LogP contribution in [0, 0.1) is 23.3 Å². The number of nitrogens with zero attached hydrogens (tertiary/aromatic N) is 2. The van der Waals surface area contributed by atoms with Gasteiger partial charge < -0.3 is 15.3 Å². The molecule has 0 fully saturated rings. The summed E-state index contributed by atoms with van der Waals surface area (Å²) in [6.07, 6.45) is 2.50. The van der Waals surface area contributed by atoms with Gasteiger partial charge in [0.05, 0.1) is 5.56 Å². The van der Waals surface area contributed by atoms with Gasteiger partial charge in [-0.2, -0.15) is 0 Å². The van der Waals surface area contributed by atoms with Crippen LogP contribution in [0.15, 0.2) is 42.6 Å². The number of rotatable bonds is 7. The Balaban J connectivity index is 1.60. The minimum absolute atomic E-state index is 0.0265. The molecular formula is C24H21F4N3O2. The van der Waals surface area contributed by atoms with E-state index in [0.717, 1.165) is 12.1 Å². The zero-order chi connectivity index (χ0) is 23.5. The van der Waals surface area contributed by atoms with E-state index in [1.165, 1.54) is 6.07 Å². The van der Waals surface area contributed by atoms with Crippen LogP contribution in [0.1, 0.15) is 33.5 Å². The number of amides is 1. The van der Waals surface area contributed by atoms with E-state index in [-0.39, 0.29) is 30.7 Å². The maximum Gasteiger partial charge on any atom is 0.254 e. The Labute approximate surface area is 187 Å². The lowest BCUT2D eigenvalue weighted by Crippen LogP contribution is -2.27. The summed E-state index contributed by atoms with van der Waals surface area (Å²) in [5.74, 6) is -4.64. The largest absolute Gasteiger partial charge is 0.396 e. The predicted molar refractivity (Wildman–Crippen MR) is 115 cm³/mol. The van der Waals surface area contributed by atoms with Gasteiger partial charge in [-0.05, 0) is 72.4 Å². The number of halogens is 4. The molecule has 33 heavy (non-hydrogen) atoms. The summed E-state index contributed by atoms with van der Waals surface area (Å²) < 4.78 is 54.8. The number of hydrogen-bond acceptors (Lipinski definition) is 4. The molecule has 2 N–H and O–H groups in total. The fraction of sp³-hybridized carbons (Fsp3) is 0.250. The molecule has 4 rings (SSSR count). The fourth-order valence-corrected chi connectivity index (χ4v) is 3.97. The second kappa shape index (κ2) is 9.58. The SMILES string of the molecule is O=C(NCCCO)c1c(F)ccc2c1CCN2c1cc(Cc2cc(F)c(F)c(F)c2)ccn1. The number of aliphatic hydroxyl groups excluding tert-OH is 1. The molecule has 0 radical (unpaired) electrons. The number of pyridine rings is 1. The van der Waals surface area contributed by atoms with Crippen molar-refractivity contribution in [2.45, 2.75) is 19.3 Å². The predicted octanol–water partition coefficient (Wildman–Crippen LogP) is 4.04. The minimum Gasteiger partial charge on any atom is -0.396 e. The van der Waals surface area contributed by atoms with Crippen molar-refractivity contribution in [2.75, 3.05) is 24.6 Å². The van der Waals surface area contributed by atoms with Crippen molar-refractivity contribution in [3.8, 4) is 0 Å². The third-order valence-corrected chi connectivity index (χ3v) is 5.50. The summed E-state index contributed by atoms with van der Waals surface area (Å²) in [6, 6.07) is 8.14. The van der Waals surface area contributed by atoms with Crippen molar-refractivity contribution < 1.29 is 27.5 Å². The zero-order valence-corrected chi connectivity index (χ0v) is 17.5. The number of aliphatic hydroxyl groups is 1. The second-order valence-electron chi connectivity index (χ2n) is 7.73. The number of benzene rings is 2. The molecule has 1 aromatic heterocycles. The molecule has 0 spiro atoms. The molecule has 0 atom stereocenters. The van der Waals surface area contributed by atoms with Gasteiger partial charge in [-0.3, -0.25) is 4.79 Å². The summed E-state index contributed by atoms with van der Waals surface area (Å²) in [7, 11) is 0. The lowest BCUT2D eigenvalue weighted by atomic mass is 10.0. The van der Waals surface area contributed by atoms with E-state index in [2.05, 4.69) is 10.3 Å². The van der Waals surface area contributed by atoms with Gasteiger partial charge >= 0.3 is 0 Å². The maximum absolute atomic E-state index is 14.5. The number of carbonyl (C=O) groups is 1. The van der Waals surface area contributed by atoms with Crippen molar-refractivity contribution in [3.05, 3.63) is 88.1 Å². The first-order valence-electron chi connectivity index (χ1n) is 10.5. The van der Waals surface area contributed by atoms with Crippen molar-refractivity contribution in [2.24, 2.45) is 0 Å². The quantitative estimate of drug-likeness (QED) is 0.318. The smallest absolute Gasteiger partial charge is 0.254 e. The first-order valence-corrected chi connectivity index (χ1v) is 10.5. The third-order valence-electron chi connectivity index (χ3n) is 5.50. The Morgan fingerprint density at radius 2 is 1.79 bits per heavy atom. The van der Waals surface area contributed by atoms with Gasteiger partial charge in [0.2, 0.25) is 0 Å². The Morgan fingerprint density at radius 1 is 1.03 bits per heavy atom. The summed E-state index contributed by atoms with van der Waals surface area (Å²) in [6.45, 7) is 0.616. The summed E-state index contributed by atoms with van der Waals surface area (Å²) in [5.41, 5.74) is 2.15. The molecule has 2 heterocycles. The second-order valence-corrected chi connectivity index (χ2v) is 7.73. The number of nitrogens with one attached hydrogen (secondary N) is 1. The monoisotopic (exact) mass is 459 g/mol. The van der Waals surface area contributed by atoms with Gasteiger partial charge in [0.25, 0.3) is 5.91 Å². The molecule has 172 valence electrons. The topological polar surface area (TPSA) is 65.5 Å². The molecule has 3 aromatic rings. The normalized spacial score (nSPS) is 12.7. The summed E-state index contributed by atoms with van der Waals surface area (Å²) in [4.78, 5) is 18.7. The first kappa shape index (κ1) is 22.7. The van der Waals surface area contributed by atoms with Crippen molar-refractivity contribution in [1.29, 1.82) is 0 Å². The van der Waals surface area contributed by atoms with E-state index in [1.807, 2.05) is 4.90 Å². The lowest BCUT2D eigenvalue weighted by molar-refractivity contribution is 0.0946.